The largest absolute Gasteiger partial charge is 0.457 e. The first-order valence-corrected chi connectivity index (χ1v) is 10.1. The molecule has 0 fully saturated rings. The molecule has 1 unspecified atom stereocenters. The van der Waals surface area contributed by atoms with Crippen molar-refractivity contribution in [3.63, 3.8) is 0 Å². The number of hydrogen-bond donors (Lipinski definition) is 2. The van der Waals surface area contributed by atoms with Crippen LogP contribution in [-0.2, 0) is 0 Å². The minimum absolute atomic E-state index is 0.0271. The predicted molar refractivity (Wildman–Crippen MR) is 123 cm³/mol. The van der Waals surface area contributed by atoms with Gasteiger partial charge in [0.1, 0.15) is 11.5 Å². The van der Waals surface area contributed by atoms with Crippen molar-refractivity contribution in [3.8, 4) is 11.5 Å². The van der Waals surface area contributed by atoms with E-state index in [0.29, 0.717) is 16.2 Å². The van der Waals surface area contributed by atoms with Crippen LogP contribution >= 0.6 is 12.2 Å². The van der Waals surface area contributed by atoms with Crippen LogP contribution in [0.3, 0.4) is 0 Å². The molecular weight excluding hydrogens is 392 g/mol. The third-order valence-electron chi connectivity index (χ3n) is 4.99. The van der Waals surface area contributed by atoms with E-state index in [-0.39, 0.29) is 11.8 Å². The van der Waals surface area contributed by atoms with E-state index in [1.54, 1.807) is 0 Å². The van der Waals surface area contributed by atoms with Crippen LogP contribution in [0.2, 0.25) is 0 Å². The highest BCUT2D eigenvalue weighted by atomic mass is 32.1. The molecule has 1 heterocycles. The zero-order valence-corrected chi connectivity index (χ0v) is 17.6. The third-order valence-corrected chi connectivity index (χ3v) is 5.21. The van der Waals surface area contributed by atoms with E-state index in [9.17, 15) is 4.79 Å². The molecule has 3 aromatic rings. The van der Waals surface area contributed by atoms with Crippen LogP contribution in [0.4, 0.5) is 0 Å². The van der Waals surface area contributed by atoms with E-state index in [1.807, 2.05) is 92.7 Å². The van der Waals surface area contributed by atoms with E-state index in [4.69, 9.17) is 17.0 Å². The molecule has 1 aliphatic heterocycles. The van der Waals surface area contributed by atoms with Crippen molar-refractivity contribution in [1.29, 1.82) is 0 Å². The molecule has 0 saturated carbocycles. The van der Waals surface area contributed by atoms with Gasteiger partial charge in [-0.15, -0.1) is 0 Å². The van der Waals surface area contributed by atoms with Crippen molar-refractivity contribution in [2.24, 2.45) is 0 Å². The molecule has 0 saturated heterocycles. The molecule has 0 aromatic heterocycles. The number of rotatable bonds is 5. The van der Waals surface area contributed by atoms with Crippen molar-refractivity contribution >= 4 is 23.1 Å². The number of allylic oxidation sites excluding steroid dienone is 1. The minimum Gasteiger partial charge on any atom is -0.457 e. The van der Waals surface area contributed by atoms with Crippen LogP contribution in [0.5, 0.6) is 11.5 Å². The summed E-state index contributed by atoms with van der Waals surface area (Å²) in [5.74, 6) is 1.50. The number of nitrogens with one attached hydrogen (secondary N) is 2. The number of carbonyl (C=O) groups is 1. The fourth-order valence-corrected chi connectivity index (χ4v) is 3.80. The van der Waals surface area contributed by atoms with Crippen LogP contribution in [0.25, 0.3) is 0 Å². The molecule has 0 aliphatic carbocycles. The Morgan fingerprint density at radius 1 is 0.900 bits per heavy atom. The Morgan fingerprint density at radius 3 is 2.33 bits per heavy atom. The van der Waals surface area contributed by atoms with Gasteiger partial charge in [-0.2, -0.15) is 0 Å². The molecule has 3 aromatic carbocycles. The normalized spacial score (nSPS) is 15.9. The summed E-state index contributed by atoms with van der Waals surface area (Å²) in [6.07, 6.45) is 0. The molecule has 1 atom stereocenters. The van der Waals surface area contributed by atoms with Gasteiger partial charge >= 0.3 is 0 Å². The molecule has 0 spiro atoms. The highest BCUT2D eigenvalue weighted by molar-refractivity contribution is 7.80. The summed E-state index contributed by atoms with van der Waals surface area (Å²) in [6.45, 7) is 3.91. The number of ether oxygens (including phenoxy) is 1. The Kier molecular flexibility index (Phi) is 5.63. The molecule has 0 radical (unpaired) electrons. The average Bonchev–Trinajstić information content (AvgIpc) is 2.74. The van der Waals surface area contributed by atoms with Gasteiger partial charge in [0.2, 0.25) is 0 Å². The van der Waals surface area contributed by atoms with Gasteiger partial charge in [-0.3, -0.25) is 4.79 Å². The summed E-state index contributed by atoms with van der Waals surface area (Å²) in [7, 11) is 0. The maximum absolute atomic E-state index is 13.2. The minimum atomic E-state index is -0.334. The molecule has 4 rings (SSSR count). The topological polar surface area (TPSA) is 50.4 Å². The second-order valence-electron chi connectivity index (χ2n) is 7.25. The van der Waals surface area contributed by atoms with Crippen LogP contribution in [-0.4, -0.2) is 10.9 Å². The van der Waals surface area contributed by atoms with Crippen molar-refractivity contribution in [2.75, 3.05) is 0 Å². The first kappa shape index (κ1) is 19.9. The average molecular weight is 415 g/mol. The van der Waals surface area contributed by atoms with Gasteiger partial charge in [0.05, 0.1) is 6.04 Å². The molecule has 30 heavy (non-hydrogen) atoms. The lowest BCUT2D eigenvalue weighted by Crippen LogP contribution is -2.44. The van der Waals surface area contributed by atoms with Gasteiger partial charge in [0.15, 0.2) is 10.9 Å². The summed E-state index contributed by atoms with van der Waals surface area (Å²) in [6, 6.07) is 24.6. The fourth-order valence-electron chi connectivity index (χ4n) is 3.53. The number of carbonyl (C=O) groups excluding carboxylic acids is 1. The summed E-state index contributed by atoms with van der Waals surface area (Å²) in [5, 5.41) is 6.83. The van der Waals surface area contributed by atoms with E-state index >= 15 is 0 Å². The predicted octanol–water partition coefficient (Wildman–Crippen LogP) is 5.46. The maximum Gasteiger partial charge on any atom is 0.193 e. The van der Waals surface area contributed by atoms with Crippen molar-refractivity contribution in [1.82, 2.24) is 10.6 Å². The van der Waals surface area contributed by atoms with E-state index < -0.39 is 0 Å². The van der Waals surface area contributed by atoms with Crippen LogP contribution in [0.1, 0.15) is 34.5 Å². The number of ketones is 1. The zero-order valence-electron chi connectivity index (χ0n) is 16.8. The van der Waals surface area contributed by atoms with Crippen molar-refractivity contribution in [3.05, 3.63) is 107 Å². The quantitative estimate of drug-likeness (QED) is 0.429. The van der Waals surface area contributed by atoms with E-state index in [1.165, 1.54) is 0 Å². The van der Waals surface area contributed by atoms with E-state index in [2.05, 4.69) is 10.6 Å². The maximum atomic E-state index is 13.2. The number of Topliss-reactive ketones (excluding diaryl/α,β-unsaturated/α-hetero) is 1. The van der Waals surface area contributed by atoms with Crippen LogP contribution < -0.4 is 15.4 Å². The highest BCUT2D eigenvalue weighted by Gasteiger charge is 2.30. The first-order valence-electron chi connectivity index (χ1n) is 9.74. The molecule has 4 nitrogen and oxygen atoms in total. The summed E-state index contributed by atoms with van der Waals surface area (Å²) < 4.78 is 5.95. The second kappa shape index (κ2) is 8.51. The molecule has 2 N–H and O–H groups in total. The van der Waals surface area contributed by atoms with Crippen LogP contribution in [0, 0.1) is 6.92 Å². The number of thiocarbonyl (C=S) groups is 1. The van der Waals surface area contributed by atoms with Gasteiger partial charge in [-0.05, 0) is 61.5 Å². The first-order chi connectivity index (χ1) is 14.5. The molecular formula is C25H22N2O2S. The summed E-state index contributed by atoms with van der Waals surface area (Å²) >= 11 is 5.35. The summed E-state index contributed by atoms with van der Waals surface area (Å²) in [5.41, 5.74) is 4.14. The zero-order chi connectivity index (χ0) is 21.1. The summed E-state index contributed by atoms with van der Waals surface area (Å²) in [4.78, 5) is 13.2. The lowest BCUT2D eigenvalue weighted by atomic mass is 9.90. The Morgan fingerprint density at radius 2 is 1.63 bits per heavy atom. The number of hydrogen-bond acceptors (Lipinski definition) is 3. The van der Waals surface area contributed by atoms with Gasteiger partial charge in [-0.1, -0.05) is 54.6 Å². The molecule has 150 valence electrons. The standard InChI is InChI=1S/C25H22N2O2S/c1-16-7-6-10-21(15-16)29-20-13-11-18(12-14-20)23-22(17(2)26-25(30)27-23)24(28)19-8-4-3-5-9-19/h3-15,23H,1-2H3,(H2,26,27,30). The van der Waals surface area contributed by atoms with Crippen molar-refractivity contribution in [2.45, 2.75) is 19.9 Å². The molecule has 5 heteroatoms. The number of benzene rings is 3. The van der Waals surface area contributed by atoms with Gasteiger partial charge in [0, 0.05) is 16.8 Å². The van der Waals surface area contributed by atoms with E-state index in [0.717, 1.165) is 28.3 Å². The van der Waals surface area contributed by atoms with Gasteiger partial charge in [0.25, 0.3) is 0 Å². The Bertz CT molecular complexity index is 1120. The van der Waals surface area contributed by atoms with Gasteiger partial charge < -0.3 is 15.4 Å². The molecule has 0 bridgehead atoms. The second-order valence-corrected chi connectivity index (χ2v) is 7.66. The third kappa shape index (κ3) is 4.26. The van der Waals surface area contributed by atoms with Crippen LogP contribution in [0.15, 0.2) is 90.1 Å². The molecule has 1 aliphatic rings. The lowest BCUT2D eigenvalue weighted by molar-refractivity contribution is 0.102. The lowest BCUT2D eigenvalue weighted by Gasteiger charge is -2.30. The SMILES string of the molecule is CC1=C(C(=O)c2ccccc2)C(c2ccc(Oc3cccc(C)c3)cc2)NC(=S)N1. The Balaban J connectivity index is 1.63. The van der Waals surface area contributed by atoms with Gasteiger partial charge in [-0.25, -0.2) is 0 Å². The smallest absolute Gasteiger partial charge is 0.193 e. The molecule has 0 amide bonds. The van der Waals surface area contributed by atoms with Crippen molar-refractivity contribution < 1.29 is 9.53 Å². The Hall–Kier alpha value is -3.44. The monoisotopic (exact) mass is 414 g/mol. The fraction of sp³-hybridized carbons (Fsp3) is 0.120. The Labute approximate surface area is 181 Å². The number of aryl methyl sites for hydroxylation is 1. The highest BCUT2D eigenvalue weighted by Crippen LogP contribution is 2.31.